The second-order valence-corrected chi connectivity index (χ2v) is 2.28. The first-order chi connectivity index (χ1) is 5.86. The van der Waals surface area contributed by atoms with Gasteiger partial charge in [0, 0.05) is 0 Å². The van der Waals surface area contributed by atoms with Crippen molar-refractivity contribution in [2.24, 2.45) is 0 Å². The smallest absolute Gasteiger partial charge is 0.119 e. The van der Waals surface area contributed by atoms with Gasteiger partial charge in [0.25, 0.3) is 0 Å². The number of ether oxygens (including phenoxy) is 1. The van der Waals surface area contributed by atoms with Crippen LogP contribution in [0.5, 0.6) is 5.75 Å². The van der Waals surface area contributed by atoms with Crippen LogP contribution in [0.4, 0.5) is 0 Å². The van der Waals surface area contributed by atoms with Crippen LogP contribution >= 0.6 is 0 Å². The molecule has 60 valence electrons. The van der Waals surface area contributed by atoms with Gasteiger partial charge in [-0.1, -0.05) is 18.1 Å². The number of terminal acetylenes is 1. The van der Waals surface area contributed by atoms with Gasteiger partial charge in [-0.15, -0.1) is 6.42 Å². The van der Waals surface area contributed by atoms with E-state index in [1.54, 1.807) is 13.2 Å². The predicted molar refractivity (Wildman–Crippen MR) is 50.9 cm³/mol. The lowest BCUT2D eigenvalue weighted by molar-refractivity contribution is 0.414. The summed E-state index contributed by atoms with van der Waals surface area (Å²) in [7, 11) is 1.64. The van der Waals surface area contributed by atoms with E-state index in [0.717, 1.165) is 11.3 Å². The van der Waals surface area contributed by atoms with Crippen molar-refractivity contribution in [2.75, 3.05) is 7.11 Å². The van der Waals surface area contributed by atoms with Gasteiger partial charge < -0.3 is 4.74 Å². The summed E-state index contributed by atoms with van der Waals surface area (Å²) in [5.41, 5.74) is 1.05. The zero-order valence-electron chi connectivity index (χ0n) is 6.95. The van der Waals surface area contributed by atoms with Gasteiger partial charge in [-0.3, -0.25) is 0 Å². The van der Waals surface area contributed by atoms with Crippen LogP contribution in [0.1, 0.15) is 5.56 Å². The minimum absolute atomic E-state index is 0.842. The minimum Gasteiger partial charge on any atom is -0.497 e. The van der Waals surface area contributed by atoms with Crippen molar-refractivity contribution < 1.29 is 4.74 Å². The van der Waals surface area contributed by atoms with Gasteiger partial charge >= 0.3 is 0 Å². The Balaban J connectivity index is 2.88. The van der Waals surface area contributed by atoms with Gasteiger partial charge in [0.1, 0.15) is 5.75 Å². The molecule has 0 unspecified atom stereocenters. The fourth-order valence-electron chi connectivity index (χ4n) is 0.890. The standard InChI is InChI=1S/C11H10O/c1-3-4-6-10-7-5-8-11(9-10)12-2/h1,4-9H,2H3. The molecular weight excluding hydrogens is 148 g/mol. The zero-order valence-corrected chi connectivity index (χ0v) is 6.95. The molecule has 0 atom stereocenters. The quantitative estimate of drug-likeness (QED) is 0.600. The number of methoxy groups -OCH3 is 1. The Kier molecular flexibility index (Phi) is 2.98. The first kappa shape index (κ1) is 8.42. The molecule has 0 aliphatic rings. The highest BCUT2D eigenvalue weighted by Crippen LogP contribution is 2.13. The van der Waals surface area contributed by atoms with Crippen molar-refractivity contribution in [2.45, 2.75) is 0 Å². The summed E-state index contributed by atoms with van der Waals surface area (Å²) in [6, 6.07) is 7.71. The molecule has 0 aliphatic carbocycles. The molecule has 0 aliphatic heterocycles. The Labute approximate surface area is 72.7 Å². The third kappa shape index (κ3) is 2.17. The zero-order chi connectivity index (χ0) is 8.81. The van der Waals surface area contributed by atoms with Crippen molar-refractivity contribution in [3.05, 3.63) is 35.9 Å². The van der Waals surface area contributed by atoms with Crippen molar-refractivity contribution >= 4 is 6.08 Å². The highest BCUT2D eigenvalue weighted by atomic mass is 16.5. The average molecular weight is 158 g/mol. The molecule has 1 aromatic carbocycles. The summed E-state index contributed by atoms with van der Waals surface area (Å²) in [5.74, 6) is 3.27. The third-order valence-electron chi connectivity index (χ3n) is 1.47. The molecule has 0 aromatic heterocycles. The first-order valence-electron chi connectivity index (χ1n) is 3.63. The molecule has 0 saturated heterocycles. The maximum absolute atomic E-state index is 5.08. The minimum atomic E-state index is 0.842. The summed E-state index contributed by atoms with van der Waals surface area (Å²) >= 11 is 0. The van der Waals surface area contributed by atoms with Gasteiger partial charge in [-0.05, 0) is 29.8 Å². The van der Waals surface area contributed by atoms with Crippen LogP contribution in [0.3, 0.4) is 0 Å². The van der Waals surface area contributed by atoms with E-state index >= 15 is 0 Å². The van der Waals surface area contributed by atoms with Crippen LogP contribution in [0, 0.1) is 12.3 Å². The van der Waals surface area contributed by atoms with Crippen LogP contribution in [0.2, 0.25) is 0 Å². The van der Waals surface area contributed by atoms with E-state index in [2.05, 4.69) is 5.92 Å². The molecule has 0 N–H and O–H groups in total. The van der Waals surface area contributed by atoms with Gasteiger partial charge in [0.05, 0.1) is 7.11 Å². The second kappa shape index (κ2) is 4.25. The predicted octanol–water partition coefficient (Wildman–Crippen LogP) is 2.34. The molecule has 1 rings (SSSR count). The Hall–Kier alpha value is -1.68. The third-order valence-corrected chi connectivity index (χ3v) is 1.47. The normalized spacial score (nSPS) is 9.67. The lowest BCUT2D eigenvalue weighted by Gasteiger charge is -1.98. The largest absolute Gasteiger partial charge is 0.497 e. The molecule has 12 heavy (non-hydrogen) atoms. The monoisotopic (exact) mass is 158 g/mol. The lowest BCUT2D eigenvalue weighted by Crippen LogP contribution is -1.81. The van der Waals surface area contributed by atoms with E-state index in [-0.39, 0.29) is 0 Å². The van der Waals surface area contributed by atoms with Crippen molar-refractivity contribution in [3.63, 3.8) is 0 Å². The van der Waals surface area contributed by atoms with E-state index in [1.165, 1.54) is 0 Å². The van der Waals surface area contributed by atoms with Crippen molar-refractivity contribution in [1.29, 1.82) is 0 Å². The van der Waals surface area contributed by atoms with Crippen LogP contribution in [0.25, 0.3) is 6.08 Å². The first-order valence-corrected chi connectivity index (χ1v) is 3.63. The van der Waals surface area contributed by atoms with Crippen molar-refractivity contribution in [3.8, 4) is 18.1 Å². The Morgan fingerprint density at radius 1 is 1.50 bits per heavy atom. The molecule has 0 bridgehead atoms. The van der Waals surface area contributed by atoms with E-state index in [4.69, 9.17) is 11.2 Å². The van der Waals surface area contributed by atoms with Gasteiger partial charge in [0.15, 0.2) is 0 Å². The molecule has 1 heteroatoms. The van der Waals surface area contributed by atoms with Crippen LogP contribution < -0.4 is 4.74 Å². The van der Waals surface area contributed by atoms with Crippen molar-refractivity contribution in [1.82, 2.24) is 0 Å². The molecule has 0 saturated carbocycles. The number of hydrogen-bond donors (Lipinski definition) is 0. The van der Waals surface area contributed by atoms with Crippen LogP contribution in [0.15, 0.2) is 30.3 Å². The van der Waals surface area contributed by atoms with E-state index in [9.17, 15) is 0 Å². The highest BCUT2D eigenvalue weighted by molar-refractivity contribution is 5.54. The number of benzene rings is 1. The lowest BCUT2D eigenvalue weighted by atomic mass is 10.2. The van der Waals surface area contributed by atoms with Gasteiger partial charge in [0.2, 0.25) is 0 Å². The van der Waals surface area contributed by atoms with E-state index in [1.807, 2.05) is 30.3 Å². The Bertz CT molecular complexity index is 318. The molecular formula is C11H10O. The van der Waals surface area contributed by atoms with Gasteiger partial charge in [-0.2, -0.15) is 0 Å². The Morgan fingerprint density at radius 3 is 3.00 bits per heavy atom. The molecule has 1 nitrogen and oxygen atoms in total. The van der Waals surface area contributed by atoms with E-state index < -0.39 is 0 Å². The average Bonchev–Trinajstić information content (AvgIpc) is 2.15. The summed E-state index contributed by atoms with van der Waals surface area (Å²) in [5, 5.41) is 0. The number of allylic oxidation sites excluding steroid dienone is 1. The summed E-state index contributed by atoms with van der Waals surface area (Å²) in [6.45, 7) is 0. The molecule has 0 spiro atoms. The topological polar surface area (TPSA) is 9.23 Å². The molecule has 1 aromatic rings. The summed E-state index contributed by atoms with van der Waals surface area (Å²) in [4.78, 5) is 0. The molecule has 0 heterocycles. The highest BCUT2D eigenvalue weighted by Gasteiger charge is 1.89. The van der Waals surface area contributed by atoms with E-state index in [0.29, 0.717) is 0 Å². The fraction of sp³-hybridized carbons (Fsp3) is 0.0909. The summed E-state index contributed by atoms with van der Waals surface area (Å²) < 4.78 is 5.05. The maximum atomic E-state index is 5.08. The molecule has 0 fully saturated rings. The van der Waals surface area contributed by atoms with Crippen LogP contribution in [-0.2, 0) is 0 Å². The second-order valence-electron chi connectivity index (χ2n) is 2.28. The molecule has 0 amide bonds. The SMILES string of the molecule is C#CC=Cc1cccc(OC)c1. The van der Waals surface area contributed by atoms with Crippen LogP contribution in [-0.4, -0.2) is 7.11 Å². The number of rotatable bonds is 2. The summed E-state index contributed by atoms with van der Waals surface area (Å²) in [6.07, 6.45) is 8.60. The molecule has 0 radical (unpaired) electrons. The fourth-order valence-corrected chi connectivity index (χ4v) is 0.890. The number of hydrogen-bond acceptors (Lipinski definition) is 1. The Morgan fingerprint density at radius 2 is 2.33 bits per heavy atom. The maximum Gasteiger partial charge on any atom is 0.119 e. The van der Waals surface area contributed by atoms with Gasteiger partial charge in [-0.25, -0.2) is 0 Å².